The number of phenols is 1. The summed E-state index contributed by atoms with van der Waals surface area (Å²) in [6.45, 7) is 7.30. The van der Waals surface area contributed by atoms with E-state index in [1.807, 2.05) is 6.07 Å². The van der Waals surface area contributed by atoms with Crippen LogP contribution in [-0.2, 0) is 6.54 Å². The largest absolute Gasteiger partial charge is 0.508 e. The van der Waals surface area contributed by atoms with Crippen molar-refractivity contribution in [1.29, 1.82) is 0 Å². The minimum absolute atomic E-state index is 0.353. The van der Waals surface area contributed by atoms with Gasteiger partial charge in [-0.05, 0) is 32.3 Å². The average Bonchev–Trinajstić information content (AvgIpc) is 2.48. The predicted octanol–water partition coefficient (Wildman–Crippen LogP) is 1.08. The summed E-state index contributed by atoms with van der Waals surface area (Å²) in [5.41, 5.74) is 0.941. The van der Waals surface area contributed by atoms with Crippen LogP contribution in [0.4, 0.5) is 0 Å². The quantitative estimate of drug-likeness (QED) is 0.850. The SMILES string of the molecule is COc1ccc(O)c(CN2CCN(CCN(C)C)CC2)c1. The lowest BCUT2D eigenvalue weighted by Crippen LogP contribution is -2.47. The molecule has 0 amide bonds. The van der Waals surface area contributed by atoms with Crippen molar-refractivity contribution in [1.82, 2.24) is 14.7 Å². The number of benzene rings is 1. The van der Waals surface area contributed by atoms with Crippen molar-refractivity contribution in [2.75, 3.05) is 60.5 Å². The maximum atomic E-state index is 9.96. The molecule has 21 heavy (non-hydrogen) atoms. The van der Waals surface area contributed by atoms with Crippen molar-refractivity contribution < 1.29 is 9.84 Å². The van der Waals surface area contributed by atoms with Crippen molar-refractivity contribution in [2.45, 2.75) is 6.54 Å². The van der Waals surface area contributed by atoms with Gasteiger partial charge in [-0.25, -0.2) is 0 Å². The van der Waals surface area contributed by atoms with Crippen LogP contribution in [0.5, 0.6) is 11.5 Å². The molecule has 1 saturated heterocycles. The maximum Gasteiger partial charge on any atom is 0.120 e. The Labute approximate surface area is 127 Å². The van der Waals surface area contributed by atoms with Crippen LogP contribution in [0.2, 0.25) is 0 Å². The topological polar surface area (TPSA) is 39.2 Å². The van der Waals surface area contributed by atoms with E-state index in [-0.39, 0.29) is 0 Å². The van der Waals surface area contributed by atoms with E-state index in [0.717, 1.165) is 57.1 Å². The maximum absolute atomic E-state index is 9.96. The van der Waals surface area contributed by atoms with Gasteiger partial charge in [-0.1, -0.05) is 0 Å². The van der Waals surface area contributed by atoms with Gasteiger partial charge in [0.05, 0.1) is 7.11 Å². The van der Waals surface area contributed by atoms with Crippen LogP contribution in [0.3, 0.4) is 0 Å². The molecule has 1 aliphatic heterocycles. The highest BCUT2D eigenvalue weighted by molar-refractivity contribution is 5.39. The summed E-state index contributed by atoms with van der Waals surface area (Å²) in [5, 5.41) is 9.96. The zero-order valence-corrected chi connectivity index (χ0v) is 13.4. The molecule has 1 aliphatic rings. The number of methoxy groups -OCH3 is 1. The van der Waals surface area contributed by atoms with Crippen molar-refractivity contribution in [3.63, 3.8) is 0 Å². The second-order valence-corrected chi connectivity index (χ2v) is 5.92. The Morgan fingerprint density at radius 3 is 2.43 bits per heavy atom. The third-order valence-corrected chi connectivity index (χ3v) is 4.01. The normalized spacial score (nSPS) is 17.3. The summed E-state index contributed by atoms with van der Waals surface area (Å²) in [5.74, 6) is 1.15. The van der Waals surface area contributed by atoms with E-state index in [1.54, 1.807) is 19.2 Å². The monoisotopic (exact) mass is 293 g/mol. The molecule has 0 radical (unpaired) electrons. The van der Waals surface area contributed by atoms with Crippen LogP contribution < -0.4 is 4.74 Å². The highest BCUT2D eigenvalue weighted by Crippen LogP contribution is 2.24. The Kier molecular flexibility index (Phi) is 5.85. The first-order chi connectivity index (χ1) is 10.1. The van der Waals surface area contributed by atoms with Gasteiger partial charge in [0.15, 0.2) is 0 Å². The fraction of sp³-hybridized carbons (Fsp3) is 0.625. The molecule has 1 heterocycles. The second-order valence-electron chi connectivity index (χ2n) is 5.92. The number of phenolic OH excluding ortho intramolecular Hbond substituents is 1. The Morgan fingerprint density at radius 2 is 1.81 bits per heavy atom. The fourth-order valence-corrected chi connectivity index (χ4v) is 2.57. The van der Waals surface area contributed by atoms with Gasteiger partial charge in [-0.2, -0.15) is 0 Å². The molecule has 1 fully saturated rings. The average molecular weight is 293 g/mol. The number of ether oxygens (including phenoxy) is 1. The van der Waals surface area contributed by atoms with Gasteiger partial charge < -0.3 is 14.7 Å². The summed E-state index contributed by atoms with van der Waals surface area (Å²) < 4.78 is 5.23. The minimum atomic E-state index is 0.353. The highest BCUT2D eigenvalue weighted by atomic mass is 16.5. The Hall–Kier alpha value is -1.30. The number of aromatic hydroxyl groups is 1. The number of hydrogen-bond donors (Lipinski definition) is 1. The number of piperazine rings is 1. The van der Waals surface area contributed by atoms with Crippen molar-refractivity contribution in [2.24, 2.45) is 0 Å². The standard InChI is InChI=1S/C16H27N3O2/c1-17(2)6-7-18-8-10-19(11-9-18)13-14-12-15(21-3)4-5-16(14)20/h4-5,12,20H,6-11,13H2,1-3H3. The Morgan fingerprint density at radius 1 is 1.14 bits per heavy atom. The van der Waals surface area contributed by atoms with E-state index >= 15 is 0 Å². The van der Waals surface area contributed by atoms with E-state index in [4.69, 9.17) is 4.74 Å². The van der Waals surface area contributed by atoms with Crippen LogP contribution in [0.15, 0.2) is 18.2 Å². The Bertz CT molecular complexity index is 443. The van der Waals surface area contributed by atoms with E-state index in [1.165, 1.54) is 0 Å². The molecule has 1 N–H and O–H groups in total. The van der Waals surface area contributed by atoms with Crippen LogP contribution in [-0.4, -0.2) is 80.3 Å². The summed E-state index contributed by atoms with van der Waals surface area (Å²) in [4.78, 5) is 7.11. The molecule has 1 aromatic rings. The van der Waals surface area contributed by atoms with Gasteiger partial charge in [0, 0.05) is 51.4 Å². The third kappa shape index (κ3) is 4.88. The molecule has 0 spiro atoms. The van der Waals surface area contributed by atoms with E-state index in [9.17, 15) is 5.11 Å². The van der Waals surface area contributed by atoms with Crippen molar-refractivity contribution in [3.05, 3.63) is 23.8 Å². The molecule has 5 nitrogen and oxygen atoms in total. The van der Waals surface area contributed by atoms with E-state index in [0.29, 0.717) is 5.75 Å². The number of likely N-dealkylation sites (N-methyl/N-ethyl adjacent to an activating group) is 1. The zero-order valence-electron chi connectivity index (χ0n) is 13.4. The molecular formula is C16H27N3O2. The molecule has 2 rings (SSSR count). The molecule has 0 aromatic heterocycles. The van der Waals surface area contributed by atoms with Crippen LogP contribution in [0.1, 0.15) is 5.56 Å². The third-order valence-electron chi connectivity index (χ3n) is 4.01. The lowest BCUT2D eigenvalue weighted by Gasteiger charge is -2.35. The van der Waals surface area contributed by atoms with Crippen LogP contribution >= 0.6 is 0 Å². The first kappa shape index (κ1) is 16.1. The fourth-order valence-electron chi connectivity index (χ4n) is 2.57. The van der Waals surface area contributed by atoms with Gasteiger partial charge in [-0.3, -0.25) is 9.80 Å². The second kappa shape index (κ2) is 7.64. The Balaban J connectivity index is 1.83. The molecule has 0 unspecified atom stereocenters. The predicted molar refractivity (Wildman–Crippen MR) is 84.9 cm³/mol. The molecule has 5 heteroatoms. The summed E-state index contributed by atoms with van der Waals surface area (Å²) >= 11 is 0. The van der Waals surface area contributed by atoms with E-state index < -0.39 is 0 Å². The van der Waals surface area contributed by atoms with Gasteiger partial charge in [0.2, 0.25) is 0 Å². The lowest BCUT2D eigenvalue weighted by molar-refractivity contribution is 0.120. The molecule has 0 saturated carbocycles. The lowest BCUT2D eigenvalue weighted by atomic mass is 10.1. The molecule has 0 aliphatic carbocycles. The number of hydrogen-bond acceptors (Lipinski definition) is 5. The molecule has 1 aromatic carbocycles. The number of rotatable bonds is 6. The van der Waals surface area contributed by atoms with Crippen LogP contribution in [0.25, 0.3) is 0 Å². The molecule has 118 valence electrons. The van der Waals surface area contributed by atoms with Crippen LogP contribution in [0, 0.1) is 0 Å². The first-order valence-corrected chi connectivity index (χ1v) is 7.54. The summed E-state index contributed by atoms with van der Waals surface area (Å²) in [6, 6.07) is 5.42. The van der Waals surface area contributed by atoms with E-state index in [2.05, 4.69) is 28.8 Å². The first-order valence-electron chi connectivity index (χ1n) is 7.54. The molecule has 0 bridgehead atoms. The van der Waals surface area contributed by atoms with Gasteiger partial charge in [0.25, 0.3) is 0 Å². The smallest absolute Gasteiger partial charge is 0.120 e. The summed E-state index contributed by atoms with van der Waals surface area (Å²) in [7, 11) is 5.88. The number of nitrogens with zero attached hydrogens (tertiary/aromatic N) is 3. The van der Waals surface area contributed by atoms with Crippen molar-refractivity contribution in [3.8, 4) is 11.5 Å². The van der Waals surface area contributed by atoms with Crippen molar-refractivity contribution >= 4 is 0 Å². The molecule has 0 atom stereocenters. The van der Waals surface area contributed by atoms with Gasteiger partial charge in [-0.15, -0.1) is 0 Å². The minimum Gasteiger partial charge on any atom is -0.508 e. The molecular weight excluding hydrogens is 266 g/mol. The summed E-state index contributed by atoms with van der Waals surface area (Å²) in [6.07, 6.45) is 0. The highest BCUT2D eigenvalue weighted by Gasteiger charge is 2.18. The van der Waals surface area contributed by atoms with Gasteiger partial charge >= 0.3 is 0 Å². The van der Waals surface area contributed by atoms with Gasteiger partial charge in [0.1, 0.15) is 11.5 Å². The zero-order chi connectivity index (χ0) is 15.2.